The van der Waals surface area contributed by atoms with Gasteiger partial charge in [-0.25, -0.2) is 4.57 Å². The molecule has 1 N–H and O–H groups in total. The van der Waals surface area contributed by atoms with Crippen LogP contribution >= 0.6 is 11.8 Å². The smallest absolute Gasteiger partial charge is 0.220 e. The molecule has 0 spiro atoms. The van der Waals surface area contributed by atoms with E-state index in [1.165, 1.54) is 0 Å². The lowest BCUT2D eigenvalue weighted by Crippen LogP contribution is -2.34. The third-order valence-electron chi connectivity index (χ3n) is 5.69. The van der Waals surface area contributed by atoms with Gasteiger partial charge in [-0.3, -0.25) is 4.79 Å². The van der Waals surface area contributed by atoms with E-state index in [9.17, 15) is 4.79 Å². The summed E-state index contributed by atoms with van der Waals surface area (Å²) in [5.41, 5.74) is 2.28. The van der Waals surface area contributed by atoms with Crippen LogP contribution in [0.3, 0.4) is 0 Å². The standard InChI is InChI=1S/C26H36N2O2S/c1-5-26(3,6-2)31-21-17-27-25(29)8-7-18-28-19-15-23(16-20-28)10-9-22-11-13-24(30-4)14-12-22/h9-16,19-20H,5-8,17-18,21H2,1-4H3/p+1. The van der Waals surface area contributed by atoms with E-state index < -0.39 is 0 Å². The molecule has 2 rings (SSSR count). The van der Waals surface area contributed by atoms with Gasteiger partial charge in [0.1, 0.15) is 12.3 Å². The lowest BCUT2D eigenvalue weighted by molar-refractivity contribution is -0.697. The average molecular weight is 442 g/mol. The van der Waals surface area contributed by atoms with Crippen molar-refractivity contribution in [3.63, 3.8) is 0 Å². The van der Waals surface area contributed by atoms with Crippen molar-refractivity contribution in [3.05, 3.63) is 59.9 Å². The number of methoxy groups -OCH3 is 1. The van der Waals surface area contributed by atoms with Gasteiger partial charge in [-0.1, -0.05) is 45.1 Å². The Morgan fingerprint density at radius 3 is 2.26 bits per heavy atom. The van der Waals surface area contributed by atoms with Gasteiger partial charge in [-0.2, -0.15) is 11.8 Å². The minimum Gasteiger partial charge on any atom is -0.497 e. The molecule has 0 saturated heterocycles. The van der Waals surface area contributed by atoms with E-state index in [0.29, 0.717) is 11.2 Å². The summed E-state index contributed by atoms with van der Waals surface area (Å²) in [5.74, 6) is 1.99. The van der Waals surface area contributed by atoms with Crippen LogP contribution in [0, 0.1) is 0 Å². The average Bonchev–Trinajstić information content (AvgIpc) is 2.81. The minimum atomic E-state index is 0.148. The summed E-state index contributed by atoms with van der Waals surface area (Å²) in [4.78, 5) is 12.1. The first-order valence-corrected chi connectivity index (χ1v) is 12.2. The number of rotatable bonds is 13. The molecule has 1 aromatic heterocycles. The number of aryl methyl sites for hydroxylation is 1. The predicted octanol–water partition coefficient (Wildman–Crippen LogP) is 5.36. The van der Waals surface area contributed by atoms with Gasteiger partial charge in [0.25, 0.3) is 0 Å². The number of aromatic nitrogens is 1. The second kappa shape index (κ2) is 13.2. The molecule has 0 atom stereocenters. The van der Waals surface area contributed by atoms with Gasteiger partial charge in [0.2, 0.25) is 5.91 Å². The molecular weight excluding hydrogens is 404 g/mol. The molecule has 0 radical (unpaired) electrons. The molecule has 168 valence electrons. The maximum absolute atomic E-state index is 12.1. The number of nitrogens with zero attached hydrogens (tertiary/aromatic N) is 1. The zero-order valence-electron chi connectivity index (χ0n) is 19.4. The number of carbonyl (C=O) groups excluding carboxylic acids is 1. The number of pyridine rings is 1. The Bertz CT molecular complexity index is 812. The summed E-state index contributed by atoms with van der Waals surface area (Å²) in [6, 6.07) is 12.2. The molecule has 0 aliphatic rings. The SMILES string of the molecule is CCC(C)(CC)SCCNC(=O)CCC[n+]1ccc(C=Cc2ccc(OC)cc2)cc1. The molecule has 1 aromatic carbocycles. The monoisotopic (exact) mass is 441 g/mol. The molecular formula is C26H37N2O2S+. The number of amides is 1. The lowest BCUT2D eigenvalue weighted by atomic mass is 10.1. The van der Waals surface area contributed by atoms with Gasteiger partial charge in [-0.15, -0.1) is 0 Å². The second-order valence-corrected chi connectivity index (χ2v) is 9.62. The predicted molar refractivity (Wildman–Crippen MR) is 132 cm³/mol. The quantitative estimate of drug-likeness (QED) is 0.336. The van der Waals surface area contributed by atoms with Crippen molar-refractivity contribution in [2.24, 2.45) is 0 Å². The molecule has 0 fully saturated rings. The van der Waals surface area contributed by atoms with Crippen molar-refractivity contribution in [3.8, 4) is 5.75 Å². The number of nitrogens with one attached hydrogen (secondary N) is 1. The summed E-state index contributed by atoms with van der Waals surface area (Å²) < 4.78 is 7.64. The first-order valence-electron chi connectivity index (χ1n) is 11.2. The van der Waals surface area contributed by atoms with Crippen molar-refractivity contribution < 1.29 is 14.1 Å². The number of carbonyl (C=O) groups is 1. The fourth-order valence-corrected chi connectivity index (χ4v) is 4.19. The van der Waals surface area contributed by atoms with Crippen LogP contribution in [0.2, 0.25) is 0 Å². The lowest BCUT2D eigenvalue weighted by Gasteiger charge is -2.25. The van der Waals surface area contributed by atoms with Gasteiger partial charge >= 0.3 is 0 Å². The van der Waals surface area contributed by atoms with Crippen molar-refractivity contribution in [2.75, 3.05) is 19.4 Å². The molecule has 31 heavy (non-hydrogen) atoms. The molecule has 0 bridgehead atoms. The van der Waals surface area contributed by atoms with Crippen LogP contribution < -0.4 is 14.6 Å². The zero-order chi connectivity index (χ0) is 22.5. The third kappa shape index (κ3) is 9.18. The summed E-state index contributed by atoms with van der Waals surface area (Å²) in [6.45, 7) is 8.36. The Hall–Kier alpha value is -2.27. The Labute approximate surface area is 192 Å². The molecule has 0 saturated carbocycles. The van der Waals surface area contributed by atoms with Crippen LogP contribution in [0.1, 0.15) is 57.6 Å². The van der Waals surface area contributed by atoms with Gasteiger partial charge in [0.15, 0.2) is 12.4 Å². The number of thioether (sulfide) groups is 1. The minimum absolute atomic E-state index is 0.148. The summed E-state index contributed by atoms with van der Waals surface area (Å²) >= 11 is 1.96. The van der Waals surface area contributed by atoms with E-state index in [1.54, 1.807) is 7.11 Å². The highest BCUT2D eigenvalue weighted by Crippen LogP contribution is 2.31. The summed E-state index contributed by atoms with van der Waals surface area (Å²) in [7, 11) is 1.67. The van der Waals surface area contributed by atoms with E-state index in [2.05, 4.69) is 67.3 Å². The normalized spacial score (nSPS) is 11.6. The Morgan fingerprint density at radius 1 is 1.06 bits per heavy atom. The molecule has 2 aromatic rings. The first kappa shape index (κ1) is 25.0. The van der Waals surface area contributed by atoms with Crippen LogP contribution in [-0.4, -0.2) is 30.1 Å². The fraction of sp³-hybridized carbons (Fsp3) is 0.462. The maximum atomic E-state index is 12.1. The maximum Gasteiger partial charge on any atom is 0.220 e. The Kier molecular flexibility index (Phi) is 10.6. The number of benzene rings is 1. The molecule has 4 nitrogen and oxygen atoms in total. The van der Waals surface area contributed by atoms with E-state index in [1.807, 2.05) is 36.0 Å². The zero-order valence-corrected chi connectivity index (χ0v) is 20.2. The summed E-state index contributed by atoms with van der Waals surface area (Å²) in [5, 5.41) is 3.05. The van der Waals surface area contributed by atoms with Gasteiger partial charge < -0.3 is 10.1 Å². The molecule has 0 aliphatic carbocycles. The van der Waals surface area contributed by atoms with Crippen LogP contribution in [-0.2, 0) is 11.3 Å². The van der Waals surface area contributed by atoms with Crippen LogP contribution in [0.4, 0.5) is 0 Å². The van der Waals surface area contributed by atoms with E-state index in [-0.39, 0.29) is 5.91 Å². The fourth-order valence-electron chi connectivity index (χ4n) is 3.09. The van der Waals surface area contributed by atoms with Gasteiger partial charge in [-0.05, 0) is 36.1 Å². The van der Waals surface area contributed by atoms with E-state index in [0.717, 1.165) is 55.0 Å². The largest absolute Gasteiger partial charge is 0.497 e. The van der Waals surface area contributed by atoms with Gasteiger partial charge in [0, 0.05) is 42.0 Å². The van der Waals surface area contributed by atoms with Gasteiger partial charge in [0.05, 0.1) is 7.11 Å². The highest BCUT2D eigenvalue weighted by molar-refractivity contribution is 8.00. The third-order valence-corrected chi connectivity index (χ3v) is 7.37. The second-order valence-electron chi connectivity index (χ2n) is 7.93. The Balaban J connectivity index is 1.67. The van der Waals surface area contributed by atoms with Crippen LogP contribution in [0.5, 0.6) is 5.75 Å². The van der Waals surface area contributed by atoms with Crippen molar-refractivity contribution in [1.29, 1.82) is 0 Å². The summed E-state index contributed by atoms with van der Waals surface area (Å²) in [6.07, 6.45) is 12.1. The van der Waals surface area contributed by atoms with E-state index in [4.69, 9.17) is 4.74 Å². The number of ether oxygens (including phenoxy) is 1. The van der Waals surface area contributed by atoms with Crippen molar-refractivity contribution in [1.82, 2.24) is 5.32 Å². The van der Waals surface area contributed by atoms with Crippen molar-refractivity contribution in [2.45, 2.75) is 57.7 Å². The van der Waals surface area contributed by atoms with E-state index >= 15 is 0 Å². The van der Waals surface area contributed by atoms with Crippen LogP contribution in [0.25, 0.3) is 12.2 Å². The highest BCUT2D eigenvalue weighted by Gasteiger charge is 2.19. The van der Waals surface area contributed by atoms with Crippen molar-refractivity contribution >= 4 is 29.8 Å². The topological polar surface area (TPSA) is 42.2 Å². The molecule has 0 unspecified atom stereocenters. The molecule has 5 heteroatoms. The number of hydrogen-bond acceptors (Lipinski definition) is 3. The first-order chi connectivity index (χ1) is 15.0. The van der Waals surface area contributed by atoms with Crippen LogP contribution in [0.15, 0.2) is 48.8 Å². The Morgan fingerprint density at radius 2 is 1.68 bits per heavy atom. The molecule has 1 amide bonds. The molecule has 0 aliphatic heterocycles. The highest BCUT2D eigenvalue weighted by atomic mass is 32.2. The number of hydrogen-bond donors (Lipinski definition) is 1. The molecule has 1 heterocycles.